The number of likely N-dealkylation sites (N-methyl/N-ethyl adjacent to an activating group) is 1. The molecule has 5 heteroatoms. The molecule has 1 aromatic carbocycles. The predicted octanol–water partition coefficient (Wildman–Crippen LogP) is 3.81. The number of nitrogens with zero attached hydrogens (tertiary/aromatic N) is 1. The number of aromatic nitrogens is 1. The monoisotopic (exact) mass is 292 g/mol. The zero-order chi connectivity index (χ0) is 13.2. The Labute approximate surface area is 120 Å². The summed E-state index contributed by atoms with van der Waals surface area (Å²) in [6.45, 7) is 6.70. The smallest absolute Gasteiger partial charge is 0.129 e. The molecular formula is C14H16N2OS2. The molecule has 0 spiro atoms. The van der Waals surface area contributed by atoms with Crippen molar-refractivity contribution in [3.63, 3.8) is 0 Å². The highest BCUT2D eigenvalue weighted by Gasteiger charge is 2.12. The summed E-state index contributed by atoms with van der Waals surface area (Å²) in [6.07, 6.45) is 0. The van der Waals surface area contributed by atoms with Crippen molar-refractivity contribution in [1.82, 2.24) is 10.3 Å². The SMILES string of the molecule is CCNCCOc1cc2sc(C)nc2c2sccc12. The first-order valence-electron chi connectivity index (χ1n) is 6.40. The Balaban J connectivity index is 1.99. The van der Waals surface area contributed by atoms with E-state index in [0.717, 1.165) is 29.4 Å². The molecule has 19 heavy (non-hydrogen) atoms. The predicted molar refractivity (Wildman–Crippen MR) is 83.8 cm³/mol. The molecule has 3 nitrogen and oxygen atoms in total. The van der Waals surface area contributed by atoms with E-state index in [0.29, 0.717) is 6.61 Å². The quantitative estimate of drug-likeness (QED) is 0.726. The fraction of sp³-hybridized carbons (Fsp3) is 0.357. The van der Waals surface area contributed by atoms with Crippen molar-refractivity contribution in [1.29, 1.82) is 0 Å². The van der Waals surface area contributed by atoms with Gasteiger partial charge >= 0.3 is 0 Å². The Bertz CT molecular complexity index is 702. The molecule has 100 valence electrons. The first-order valence-corrected chi connectivity index (χ1v) is 8.10. The molecule has 3 aromatic rings. The van der Waals surface area contributed by atoms with Crippen molar-refractivity contribution >= 4 is 43.0 Å². The molecule has 2 heterocycles. The highest BCUT2D eigenvalue weighted by atomic mass is 32.1. The summed E-state index contributed by atoms with van der Waals surface area (Å²) in [5, 5.41) is 7.66. The van der Waals surface area contributed by atoms with Crippen LogP contribution in [0.3, 0.4) is 0 Å². The molecule has 2 aromatic heterocycles. The third kappa shape index (κ3) is 2.45. The van der Waals surface area contributed by atoms with Crippen molar-refractivity contribution in [2.24, 2.45) is 0 Å². The van der Waals surface area contributed by atoms with E-state index >= 15 is 0 Å². The molecular weight excluding hydrogens is 276 g/mol. The van der Waals surface area contributed by atoms with Gasteiger partial charge in [-0.25, -0.2) is 4.98 Å². The Morgan fingerprint density at radius 2 is 2.32 bits per heavy atom. The second-order valence-corrected chi connectivity index (χ2v) is 6.47. The van der Waals surface area contributed by atoms with E-state index < -0.39 is 0 Å². The Morgan fingerprint density at radius 1 is 1.42 bits per heavy atom. The molecule has 0 amide bonds. The lowest BCUT2D eigenvalue weighted by molar-refractivity contribution is 0.319. The standard InChI is InChI=1S/C14H16N2OS2/c1-3-15-5-6-17-11-8-12-13(16-9(2)19-12)14-10(11)4-7-18-14/h4,7-8,15H,3,5-6H2,1-2H3. The van der Waals surface area contributed by atoms with Gasteiger partial charge in [-0.1, -0.05) is 6.92 Å². The van der Waals surface area contributed by atoms with Crippen LogP contribution in [0.25, 0.3) is 20.3 Å². The number of rotatable bonds is 5. The Morgan fingerprint density at radius 3 is 3.16 bits per heavy atom. The Hall–Kier alpha value is -1.17. The lowest BCUT2D eigenvalue weighted by Gasteiger charge is -2.08. The molecule has 0 unspecified atom stereocenters. The minimum atomic E-state index is 0.697. The third-order valence-electron chi connectivity index (χ3n) is 2.95. The molecule has 0 radical (unpaired) electrons. The summed E-state index contributed by atoms with van der Waals surface area (Å²) >= 11 is 3.46. The lowest BCUT2D eigenvalue weighted by Crippen LogP contribution is -2.20. The van der Waals surface area contributed by atoms with Gasteiger partial charge in [-0.15, -0.1) is 22.7 Å². The van der Waals surface area contributed by atoms with Gasteiger partial charge in [0.2, 0.25) is 0 Å². The van der Waals surface area contributed by atoms with Crippen LogP contribution in [0.15, 0.2) is 17.5 Å². The van der Waals surface area contributed by atoms with Crippen molar-refractivity contribution in [2.75, 3.05) is 19.7 Å². The number of benzene rings is 1. The summed E-state index contributed by atoms with van der Waals surface area (Å²) < 4.78 is 8.37. The second-order valence-electron chi connectivity index (χ2n) is 4.32. The van der Waals surface area contributed by atoms with Gasteiger partial charge in [-0.3, -0.25) is 0 Å². The van der Waals surface area contributed by atoms with Crippen LogP contribution in [0.1, 0.15) is 11.9 Å². The van der Waals surface area contributed by atoms with Crippen molar-refractivity contribution < 1.29 is 4.74 Å². The molecule has 0 saturated heterocycles. The van der Waals surface area contributed by atoms with Crippen LogP contribution in [-0.2, 0) is 0 Å². The van der Waals surface area contributed by atoms with E-state index in [2.05, 4.69) is 41.7 Å². The van der Waals surface area contributed by atoms with Gasteiger partial charge in [0.05, 0.1) is 19.9 Å². The van der Waals surface area contributed by atoms with Crippen LogP contribution >= 0.6 is 22.7 Å². The maximum absolute atomic E-state index is 5.92. The number of nitrogens with one attached hydrogen (secondary N) is 1. The summed E-state index contributed by atoms with van der Waals surface area (Å²) in [6, 6.07) is 4.25. The topological polar surface area (TPSA) is 34.1 Å². The zero-order valence-corrected chi connectivity index (χ0v) is 12.7. The van der Waals surface area contributed by atoms with E-state index in [1.165, 1.54) is 14.8 Å². The zero-order valence-electron chi connectivity index (χ0n) is 11.0. The molecule has 0 atom stereocenters. The molecule has 0 saturated carbocycles. The number of ether oxygens (including phenoxy) is 1. The third-order valence-corrected chi connectivity index (χ3v) is 4.79. The number of fused-ring (bicyclic) bond motifs is 3. The molecule has 0 fully saturated rings. The number of hydrogen-bond acceptors (Lipinski definition) is 5. The van der Waals surface area contributed by atoms with Crippen LogP contribution in [0.5, 0.6) is 5.75 Å². The van der Waals surface area contributed by atoms with Crippen molar-refractivity contribution in [3.8, 4) is 5.75 Å². The van der Waals surface area contributed by atoms with E-state index in [1.807, 2.05) is 0 Å². The first kappa shape index (κ1) is 12.8. The molecule has 0 aliphatic carbocycles. The van der Waals surface area contributed by atoms with Crippen LogP contribution in [0.4, 0.5) is 0 Å². The highest BCUT2D eigenvalue weighted by Crippen LogP contribution is 2.38. The average Bonchev–Trinajstić information content (AvgIpc) is 2.99. The molecule has 1 N–H and O–H groups in total. The van der Waals surface area contributed by atoms with E-state index in [-0.39, 0.29) is 0 Å². The Kier molecular flexibility index (Phi) is 3.68. The number of thiazole rings is 1. The lowest BCUT2D eigenvalue weighted by atomic mass is 10.2. The van der Waals surface area contributed by atoms with Gasteiger partial charge in [0, 0.05) is 18.0 Å². The molecule has 0 aliphatic rings. The fourth-order valence-electron chi connectivity index (χ4n) is 2.12. The van der Waals surface area contributed by atoms with Crippen molar-refractivity contribution in [3.05, 3.63) is 22.5 Å². The molecule has 0 bridgehead atoms. The van der Waals surface area contributed by atoms with Crippen molar-refractivity contribution in [2.45, 2.75) is 13.8 Å². The largest absolute Gasteiger partial charge is 0.492 e. The van der Waals surface area contributed by atoms with E-state index in [4.69, 9.17) is 4.74 Å². The van der Waals surface area contributed by atoms with Gasteiger partial charge in [0.25, 0.3) is 0 Å². The normalized spacial score (nSPS) is 11.5. The summed E-state index contributed by atoms with van der Waals surface area (Å²) in [5.74, 6) is 0.977. The first-order chi connectivity index (χ1) is 9.29. The van der Waals surface area contributed by atoms with Gasteiger partial charge in [0.15, 0.2) is 0 Å². The summed E-state index contributed by atoms with van der Waals surface area (Å²) in [7, 11) is 0. The number of hydrogen-bond donors (Lipinski definition) is 1. The van der Waals surface area contributed by atoms with Crippen LogP contribution < -0.4 is 10.1 Å². The maximum Gasteiger partial charge on any atom is 0.129 e. The van der Waals surface area contributed by atoms with Gasteiger partial charge in [-0.2, -0.15) is 0 Å². The van der Waals surface area contributed by atoms with Gasteiger partial charge in [0.1, 0.15) is 12.4 Å². The summed E-state index contributed by atoms with van der Waals surface area (Å²) in [4.78, 5) is 4.63. The highest BCUT2D eigenvalue weighted by molar-refractivity contribution is 7.21. The summed E-state index contributed by atoms with van der Waals surface area (Å²) in [5.41, 5.74) is 1.12. The number of thiophene rings is 1. The molecule has 3 rings (SSSR count). The maximum atomic E-state index is 5.92. The van der Waals surface area contributed by atoms with Gasteiger partial charge < -0.3 is 10.1 Å². The fourth-order valence-corrected chi connectivity index (χ4v) is 3.95. The van der Waals surface area contributed by atoms with Crippen LogP contribution in [-0.4, -0.2) is 24.7 Å². The molecule has 0 aliphatic heterocycles. The van der Waals surface area contributed by atoms with Crippen LogP contribution in [0.2, 0.25) is 0 Å². The minimum Gasteiger partial charge on any atom is -0.492 e. The van der Waals surface area contributed by atoms with Gasteiger partial charge in [-0.05, 0) is 24.9 Å². The van der Waals surface area contributed by atoms with Crippen LogP contribution in [0, 0.1) is 6.92 Å². The van der Waals surface area contributed by atoms with E-state index in [9.17, 15) is 0 Å². The second kappa shape index (κ2) is 5.45. The number of aryl methyl sites for hydroxylation is 1. The average molecular weight is 292 g/mol. The minimum absolute atomic E-state index is 0.697. The van der Waals surface area contributed by atoms with E-state index in [1.54, 1.807) is 22.7 Å².